The molecule has 1 heterocycles. The van der Waals surface area contributed by atoms with Crippen molar-refractivity contribution in [2.45, 2.75) is 20.3 Å². The lowest BCUT2D eigenvalue weighted by atomic mass is 10.2. The van der Waals surface area contributed by atoms with Gasteiger partial charge < -0.3 is 15.4 Å². The van der Waals surface area contributed by atoms with Crippen LogP contribution >= 0.6 is 11.3 Å². The lowest BCUT2D eigenvalue weighted by molar-refractivity contribution is -0.116. The highest BCUT2D eigenvalue weighted by molar-refractivity contribution is 7.18. The molecule has 25 heavy (non-hydrogen) atoms. The van der Waals surface area contributed by atoms with E-state index in [0.717, 1.165) is 5.56 Å². The molecule has 2 rings (SSSR count). The number of hydrogen-bond donors (Lipinski definition) is 2. The highest BCUT2D eigenvalue weighted by atomic mass is 32.1. The second-order valence-electron chi connectivity index (χ2n) is 5.26. The standard InChI is InChI=1S/C18H20N2O4S/c1-3-24-18(23)16-12(2)11-15(25-16)20-14(21)9-10-19-17(22)13-7-5-4-6-8-13/h4-8,11H,3,9-10H2,1-2H3,(H,19,22)(H,20,21). The SMILES string of the molecule is CCOC(=O)c1sc(NC(=O)CCNC(=O)c2ccccc2)cc1C. The first-order valence-corrected chi connectivity index (χ1v) is 8.73. The lowest BCUT2D eigenvalue weighted by Gasteiger charge is -2.05. The van der Waals surface area contributed by atoms with E-state index in [9.17, 15) is 14.4 Å². The molecule has 1 aromatic heterocycles. The average Bonchev–Trinajstić information content (AvgIpc) is 2.96. The van der Waals surface area contributed by atoms with Gasteiger partial charge in [-0.15, -0.1) is 11.3 Å². The number of rotatable bonds is 7. The van der Waals surface area contributed by atoms with Gasteiger partial charge >= 0.3 is 5.97 Å². The van der Waals surface area contributed by atoms with Crippen molar-refractivity contribution in [3.8, 4) is 0 Å². The molecule has 1 aromatic carbocycles. The van der Waals surface area contributed by atoms with Crippen LogP contribution in [-0.2, 0) is 9.53 Å². The fraction of sp³-hybridized carbons (Fsp3) is 0.278. The Kier molecular flexibility index (Phi) is 6.71. The monoisotopic (exact) mass is 360 g/mol. The molecule has 0 radical (unpaired) electrons. The molecule has 6 nitrogen and oxygen atoms in total. The zero-order valence-electron chi connectivity index (χ0n) is 14.1. The number of esters is 1. The number of anilines is 1. The van der Waals surface area contributed by atoms with E-state index in [1.807, 2.05) is 6.07 Å². The molecule has 0 saturated heterocycles. The number of thiophene rings is 1. The van der Waals surface area contributed by atoms with Crippen molar-refractivity contribution < 1.29 is 19.1 Å². The molecule has 132 valence electrons. The fourth-order valence-electron chi connectivity index (χ4n) is 2.12. The molecule has 0 fully saturated rings. The minimum absolute atomic E-state index is 0.143. The van der Waals surface area contributed by atoms with Crippen LogP contribution in [0.3, 0.4) is 0 Å². The van der Waals surface area contributed by atoms with E-state index in [2.05, 4.69) is 10.6 Å². The summed E-state index contributed by atoms with van der Waals surface area (Å²) >= 11 is 1.18. The van der Waals surface area contributed by atoms with Gasteiger partial charge in [0.25, 0.3) is 5.91 Å². The Bertz CT molecular complexity index is 756. The number of hydrogen-bond acceptors (Lipinski definition) is 5. The third-order valence-electron chi connectivity index (χ3n) is 3.31. The zero-order valence-corrected chi connectivity index (χ0v) is 14.9. The molecular formula is C18H20N2O4S. The molecule has 0 atom stereocenters. The van der Waals surface area contributed by atoms with Crippen molar-refractivity contribution in [3.05, 3.63) is 52.4 Å². The molecule has 2 amide bonds. The second-order valence-corrected chi connectivity index (χ2v) is 6.32. The van der Waals surface area contributed by atoms with Crippen LogP contribution in [0.2, 0.25) is 0 Å². The summed E-state index contributed by atoms with van der Waals surface area (Å²) < 4.78 is 4.97. The van der Waals surface area contributed by atoms with E-state index in [1.165, 1.54) is 11.3 Å². The summed E-state index contributed by atoms with van der Waals surface area (Å²) in [5, 5.41) is 6.01. The van der Waals surface area contributed by atoms with Gasteiger partial charge in [0.2, 0.25) is 5.91 Å². The maximum Gasteiger partial charge on any atom is 0.348 e. The van der Waals surface area contributed by atoms with Gasteiger partial charge in [0, 0.05) is 18.5 Å². The minimum atomic E-state index is -0.388. The smallest absolute Gasteiger partial charge is 0.348 e. The van der Waals surface area contributed by atoms with E-state index in [1.54, 1.807) is 44.2 Å². The Balaban J connectivity index is 1.81. The fourth-order valence-corrected chi connectivity index (χ4v) is 3.11. The van der Waals surface area contributed by atoms with Crippen LogP contribution in [0, 0.1) is 6.92 Å². The predicted octanol–water partition coefficient (Wildman–Crippen LogP) is 2.99. The summed E-state index contributed by atoms with van der Waals surface area (Å²) in [5.41, 5.74) is 1.31. The van der Waals surface area contributed by atoms with Crippen molar-refractivity contribution in [2.75, 3.05) is 18.5 Å². The quantitative estimate of drug-likeness (QED) is 0.744. The Labute approximate surface area is 150 Å². The highest BCUT2D eigenvalue weighted by Crippen LogP contribution is 2.27. The van der Waals surface area contributed by atoms with Crippen LogP contribution < -0.4 is 10.6 Å². The van der Waals surface area contributed by atoms with E-state index in [4.69, 9.17) is 4.74 Å². The Morgan fingerprint density at radius 1 is 1.16 bits per heavy atom. The minimum Gasteiger partial charge on any atom is -0.462 e. The molecule has 0 aliphatic rings. The van der Waals surface area contributed by atoms with Crippen LogP contribution in [-0.4, -0.2) is 30.9 Å². The van der Waals surface area contributed by atoms with E-state index in [0.29, 0.717) is 22.0 Å². The number of nitrogens with one attached hydrogen (secondary N) is 2. The first-order chi connectivity index (χ1) is 12.0. The Morgan fingerprint density at radius 3 is 2.56 bits per heavy atom. The molecule has 0 aliphatic carbocycles. The van der Waals surface area contributed by atoms with Crippen LogP contribution in [0.4, 0.5) is 5.00 Å². The molecule has 2 N–H and O–H groups in total. The van der Waals surface area contributed by atoms with Gasteiger partial charge in [-0.3, -0.25) is 9.59 Å². The van der Waals surface area contributed by atoms with Gasteiger partial charge in [0.1, 0.15) is 4.88 Å². The lowest BCUT2D eigenvalue weighted by Crippen LogP contribution is -2.27. The van der Waals surface area contributed by atoms with Gasteiger partial charge in [0.15, 0.2) is 0 Å². The molecule has 0 spiro atoms. The molecule has 0 unspecified atom stereocenters. The zero-order chi connectivity index (χ0) is 18.2. The first kappa shape index (κ1) is 18.7. The molecular weight excluding hydrogens is 340 g/mol. The summed E-state index contributed by atoms with van der Waals surface area (Å²) in [4.78, 5) is 36.1. The van der Waals surface area contributed by atoms with E-state index >= 15 is 0 Å². The molecule has 7 heteroatoms. The number of ether oxygens (including phenoxy) is 1. The number of carbonyl (C=O) groups excluding carboxylic acids is 3. The summed E-state index contributed by atoms with van der Waals surface area (Å²) in [6.07, 6.45) is 0.143. The summed E-state index contributed by atoms with van der Waals surface area (Å²) in [5.74, 6) is -0.837. The number of carbonyl (C=O) groups is 3. The average molecular weight is 360 g/mol. The van der Waals surface area contributed by atoms with Gasteiger partial charge in [-0.05, 0) is 37.6 Å². The second kappa shape index (κ2) is 8.98. The van der Waals surface area contributed by atoms with Gasteiger partial charge in [-0.25, -0.2) is 4.79 Å². The number of amides is 2. The van der Waals surface area contributed by atoms with Gasteiger partial charge in [-0.2, -0.15) is 0 Å². The largest absolute Gasteiger partial charge is 0.462 e. The van der Waals surface area contributed by atoms with E-state index < -0.39 is 0 Å². The van der Waals surface area contributed by atoms with Crippen molar-refractivity contribution in [1.82, 2.24) is 5.32 Å². The topological polar surface area (TPSA) is 84.5 Å². The third kappa shape index (κ3) is 5.42. The molecule has 2 aromatic rings. The summed E-state index contributed by atoms with van der Waals surface area (Å²) in [7, 11) is 0. The van der Waals surface area contributed by atoms with Crippen molar-refractivity contribution in [1.29, 1.82) is 0 Å². The summed E-state index contributed by atoms with van der Waals surface area (Å²) in [6.45, 7) is 4.07. The molecule has 0 bridgehead atoms. The van der Waals surface area contributed by atoms with E-state index in [-0.39, 0.29) is 30.7 Å². The van der Waals surface area contributed by atoms with Crippen LogP contribution in [0.1, 0.15) is 38.9 Å². The van der Waals surface area contributed by atoms with Crippen molar-refractivity contribution in [2.24, 2.45) is 0 Å². The van der Waals surface area contributed by atoms with Crippen LogP contribution in [0.5, 0.6) is 0 Å². The maximum absolute atomic E-state index is 12.0. The maximum atomic E-state index is 12.0. The number of benzene rings is 1. The summed E-state index contributed by atoms with van der Waals surface area (Å²) in [6, 6.07) is 10.5. The Morgan fingerprint density at radius 2 is 1.88 bits per heavy atom. The van der Waals surface area contributed by atoms with Gasteiger partial charge in [-0.1, -0.05) is 18.2 Å². The number of aryl methyl sites for hydroxylation is 1. The third-order valence-corrected chi connectivity index (χ3v) is 4.45. The first-order valence-electron chi connectivity index (χ1n) is 7.92. The van der Waals surface area contributed by atoms with Crippen LogP contribution in [0.15, 0.2) is 36.4 Å². The Hall–Kier alpha value is -2.67. The van der Waals surface area contributed by atoms with Crippen LogP contribution in [0.25, 0.3) is 0 Å². The predicted molar refractivity (Wildman–Crippen MR) is 97.0 cm³/mol. The van der Waals surface area contributed by atoms with Gasteiger partial charge in [0.05, 0.1) is 11.6 Å². The normalized spacial score (nSPS) is 10.2. The highest BCUT2D eigenvalue weighted by Gasteiger charge is 2.16. The molecule has 0 saturated carbocycles. The molecule has 0 aliphatic heterocycles. The van der Waals surface area contributed by atoms with Crippen molar-refractivity contribution >= 4 is 34.1 Å². The van der Waals surface area contributed by atoms with Crippen molar-refractivity contribution in [3.63, 3.8) is 0 Å².